The molecule has 2 aromatic rings. The summed E-state index contributed by atoms with van der Waals surface area (Å²) < 4.78 is 5.16. The first-order valence-electron chi connectivity index (χ1n) is 5.58. The molecule has 0 atom stereocenters. The fourth-order valence-corrected chi connectivity index (χ4v) is 1.71. The summed E-state index contributed by atoms with van der Waals surface area (Å²) in [5.41, 5.74) is 0.737. The minimum atomic E-state index is -0.0954. The Balaban J connectivity index is 2.45. The first-order valence-corrected chi connectivity index (χ1v) is 5.58. The second-order valence-electron chi connectivity index (χ2n) is 3.74. The summed E-state index contributed by atoms with van der Waals surface area (Å²) in [6.45, 7) is 1.51. The molecule has 1 aromatic heterocycles. The molecular formula is C14H14N2O2. The number of carbonyl (C=O) groups is 1. The van der Waals surface area contributed by atoms with Gasteiger partial charge in [-0.2, -0.15) is 0 Å². The standard InChI is InChI=1S/C14H14N2O2/c1-11(17)16(14-8-3-4-9-15-14)12-6-5-7-13(10-12)18-2/h3-10H,1-2H3. The summed E-state index contributed by atoms with van der Waals surface area (Å²) in [5, 5.41) is 0. The minimum absolute atomic E-state index is 0.0954. The summed E-state index contributed by atoms with van der Waals surface area (Å²) in [6, 6.07) is 12.8. The highest BCUT2D eigenvalue weighted by Crippen LogP contribution is 2.26. The van der Waals surface area contributed by atoms with Gasteiger partial charge in [-0.25, -0.2) is 4.98 Å². The van der Waals surface area contributed by atoms with Gasteiger partial charge in [0, 0.05) is 19.2 Å². The van der Waals surface area contributed by atoms with Crippen LogP contribution in [0.2, 0.25) is 0 Å². The number of hydrogen-bond donors (Lipinski definition) is 0. The quantitative estimate of drug-likeness (QED) is 0.831. The molecule has 18 heavy (non-hydrogen) atoms. The van der Waals surface area contributed by atoms with Crippen LogP contribution in [0.4, 0.5) is 11.5 Å². The highest BCUT2D eigenvalue weighted by molar-refractivity contribution is 5.98. The normalized spacial score (nSPS) is 9.89. The van der Waals surface area contributed by atoms with Crippen molar-refractivity contribution < 1.29 is 9.53 Å². The minimum Gasteiger partial charge on any atom is -0.497 e. The molecule has 1 amide bonds. The van der Waals surface area contributed by atoms with Crippen LogP contribution in [0, 0.1) is 0 Å². The number of hydrogen-bond acceptors (Lipinski definition) is 3. The molecule has 2 rings (SSSR count). The Hall–Kier alpha value is -2.36. The maximum absolute atomic E-state index is 11.8. The number of benzene rings is 1. The largest absolute Gasteiger partial charge is 0.497 e. The highest BCUT2D eigenvalue weighted by atomic mass is 16.5. The van der Waals surface area contributed by atoms with Crippen molar-refractivity contribution in [3.8, 4) is 5.75 Å². The summed E-state index contributed by atoms with van der Waals surface area (Å²) in [4.78, 5) is 17.5. The second-order valence-corrected chi connectivity index (χ2v) is 3.74. The van der Waals surface area contributed by atoms with Crippen LogP contribution in [-0.2, 0) is 4.79 Å². The first kappa shape index (κ1) is 12.1. The van der Waals surface area contributed by atoms with Crippen LogP contribution in [0.25, 0.3) is 0 Å². The van der Waals surface area contributed by atoms with E-state index in [2.05, 4.69) is 4.98 Å². The van der Waals surface area contributed by atoms with E-state index < -0.39 is 0 Å². The Morgan fingerprint density at radius 1 is 1.22 bits per heavy atom. The van der Waals surface area contributed by atoms with Crippen molar-refractivity contribution in [2.45, 2.75) is 6.92 Å². The molecule has 0 unspecified atom stereocenters. The van der Waals surface area contributed by atoms with Gasteiger partial charge in [0.15, 0.2) is 0 Å². The molecule has 0 N–H and O–H groups in total. The number of methoxy groups -OCH3 is 1. The third kappa shape index (κ3) is 2.48. The van der Waals surface area contributed by atoms with Gasteiger partial charge in [-0.05, 0) is 24.3 Å². The van der Waals surface area contributed by atoms with Gasteiger partial charge in [0.1, 0.15) is 11.6 Å². The number of carbonyl (C=O) groups excluding carboxylic acids is 1. The van der Waals surface area contributed by atoms with E-state index in [4.69, 9.17) is 4.74 Å². The van der Waals surface area contributed by atoms with Gasteiger partial charge in [0.25, 0.3) is 0 Å². The van der Waals surface area contributed by atoms with E-state index >= 15 is 0 Å². The molecule has 92 valence electrons. The predicted molar refractivity (Wildman–Crippen MR) is 70.1 cm³/mol. The van der Waals surface area contributed by atoms with Gasteiger partial charge in [-0.1, -0.05) is 12.1 Å². The monoisotopic (exact) mass is 242 g/mol. The van der Waals surface area contributed by atoms with Crippen molar-refractivity contribution in [1.29, 1.82) is 0 Å². The zero-order valence-electron chi connectivity index (χ0n) is 10.3. The highest BCUT2D eigenvalue weighted by Gasteiger charge is 2.15. The molecule has 0 aliphatic heterocycles. The van der Waals surface area contributed by atoms with E-state index in [-0.39, 0.29) is 5.91 Å². The second kappa shape index (κ2) is 5.31. The smallest absolute Gasteiger partial charge is 0.229 e. The molecule has 0 saturated carbocycles. The van der Waals surface area contributed by atoms with Crippen molar-refractivity contribution in [2.24, 2.45) is 0 Å². The molecule has 0 fully saturated rings. The van der Waals surface area contributed by atoms with Gasteiger partial charge >= 0.3 is 0 Å². The Morgan fingerprint density at radius 3 is 2.67 bits per heavy atom. The van der Waals surface area contributed by atoms with Gasteiger partial charge < -0.3 is 4.74 Å². The maximum Gasteiger partial charge on any atom is 0.229 e. The van der Waals surface area contributed by atoms with Crippen LogP contribution in [0.1, 0.15) is 6.92 Å². The molecule has 0 aliphatic carbocycles. The van der Waals surface area contributed by atoms with Crippen molar-refractivity contribution in [3.63, 3.8) is 0 Å². The first-order chi connectivity index (χ1) is 8.72. The van der Waals surface area contributed by atoms with Crippen molar-refractivity contribution in [1.82, 2.24) is 4.98 Å². The lowest BCUT2D eigenvalue weighted by Gasteiger charge is -2.20. The van der Waals surface area contributed by atoms with E-state index in [0.29, 0.717) is 11.6 Å². The molecule has 1 heterocycles. The molecule has 0 spiro atoms. The van der Waals surface area contributed by atoms with Crippen LogP contribution in [-0.4, -0.2) is 18.0 Å². The third-order valence-corrected chi connectivity index (χ3v) is 2.50. The lowest BCUT2D eigenvalue weighted by Crippen LogP contribution is -2.23. The number of amides is 1. The lowest BCUT2D eigenvalue weighted by molar-refractivity contribution is -0.115. The molecule has 1 aromatic carbocycles. The Bertz CT molecular complexity index is 541. The van der Waals surface area contributed by atoms with E-state index in [1.807, 2.05) is 30.3 Å². The number of ether oxygens (including phenoxy) is 1. The summed E-state index contributed by atoms with van der Waals surface area (Å²) in [5.74, 6) is 1.20. The summed E-state index contributed by atoms with van der Waals surface area (Å²) >= 11 is 0. The van der Waals surface area contributed by atoms with Gasteiger partial charge in [-0.3, -0.25) is 9.69 Å². The van der Waals surface area contributed by atoms with Crippen LogP contribution in [0.5, 0.6) is 5.75 Å². The zero-order chi connectivity index (χ0) is 13.0. The lowest BCUT2D eigenvalue weighted by atomic mass is 10.2. The maximum atomic E-state index is 11.8. The van der Waals surface area contributed by atoms with Crippen molar-refractivity contribution in [3.05, 3.63) is 48.7 Å². The molecule has 0 aliphatic rings. The third-order valence-electron chi connectivity index (χ3n) is 2.50. The van der Waals surface area contributed by atoms with Gasteiger partial charge in [-0.15, -0.1) is 0 Å². The molecule has 0 saturated heterocycles. The Morgan fingerprint density at radius 2 is 2.06 bits per heavy atom. The van der Waals surface area contributed by atoms with Crippen LogP contribution >= 0.6 is 0 Å². The number of rotatable bonds is 3. The van der Waals surface area contributed by atoms with Gasteiger partial charge in [0.2, 0.25) is 5.91 Å². The van der Waals surface area contributed by atoms with E-state index in [0.717, 1.165) is 5.69 Å². The average molecular weight is 242 g/mol. The van der Waals surface area contributed by atoms with Gasteiger partial charge in [0.05, 0.1) is 12.8 Å². The Kier molecular flexibility index (Phi) is 3.57. The van der Waals surface area contributed by atoms with Crippen LogP contribution in [0.3, 0.4) is 0 Å². The molecular weight excluding hydrogens is 228 g/mol. The van der Waals surface area contributed by atoms with Crippen molar-refractivity contribution in [2.75, 3.05) is 12.0 Å². The molecule has 0 radical (unpaired) electrons. The summed E-state index contributed by atoms with van der Waals surface area (Å²) in [6.07, 6.45) is 1.66. The number of aromatic nitrogens is 1. The van der Waals surface area contributed by atoms with Crippen molar-refractivity contribution >= 4 is 17.4 Å². The zero-order valence-corrected chi connectivity index (χ0v) is 10.3. The Labute approximate surface area is 106 Å². The topological polar surface area (TPSA) is 42.4 Å². The number of nitrogens with zero attached hydrogens (tertiary/aromatic N) is 2. The number of pyridine rings is 1. The predicted octanol–water partition coefficient (Wildman–Crippen LogP) is 2.77. The number of anilines is 2. The summed E-state index contributed by atoms with van der Waals surface area (Å²) in [7, 11) is 1.60. The fraction of sp³-hybridized carbons (Fsp3) is 0.143. The average Bonchev–Trinajstić information content (AvgIpc) is 2.40. The molecule has 4 nitrogen and oxygen atoms in total. The fourth-order valence-electron chi connectivity index (χ4n) is 1.71. The SMILES string of the molecule is COc1cccc(N(C(C)=O)c2ccccn2)c1. The van der Waals surface area contributed by atoms with E-state index in [1.165, 1.54) is 6.92 Å². The van der Waals surface area contributed by atoms with Crippen LogP contribution in [0.15, 0.2) is 48.7 Å². The molecule has 0 bridgehead atoms. The van der Waals surface area contributed by atoms with E-state index in [9.17, 15) is 4.79 Å². The molecule has 4 heteroatoms. The van der Waals surface area contributed by atoms with E-state index in [1.54, 1.807) is 30.3 Å². The van der Waals surface area contributed by atoms with Crippen LogP contribution < -0.4 is 9.64 Å².